The topological polar surface area (TPSA) is 25.8 Å². The highest BCUT2D eigenvalue weighted by Crippen LogP contribution is 2.52. The molecule has 0 fully saturated rings. The Bertz CT molecular complexity index is 2710. The van der Waals surface area contributed by atoms with Crippen LogP contribution in [0, 0.1) is 0 Å². The molecule has 51 heavy (non-hydrogen) atoms. The predicted octanol–water partition coefficient (Wildman–Crippen LogP) is 12.8. The Morgan fingerprint density at radius 3 is 1.80 bits per heavy atom. The Morgan fingerprint density at radius 2 is 1.02 bits per heavy atom. The summed E-state index contributed by atoms with van der Waals surface area (Å²) < 4.78 is 2.53. The molecule has 0 N–H and O–H groups in total. The SMILES string of the molecule is CC1(c2cccc(-c3ccc(-c4cc(-c5cccc6c5sc5ccccc56)nc(-c5ccccc5)n4)cc3)c2)c2ccccc2-c2ccccc21. The van der Waals surface area contributed by atoms with E-state index in [9.17, 15) is 0 Å². The Balaban J connectivity index is 1.06. The Kier molecular flexibility index (Phi) is 6.83. The first kappa shape index (κ1) is 29.7. The van der Waals surface area contributed by atoms with Gasteiger partial charge in [0, 0.05) is 42.3 Å². The van der Waals surface area contributed by atoms with Gasteiger partial charge in [0.2, 0.25) is 0 Å². The number of thiophene rings is 1. The van der Waals surface area contributed by atoms with Gasteiger partial charge in [-0.15, -0.1) is 11.3 Å². The van der Waals surface area contributed by atoms with E-state index in [-0.39, 0.29) is 5.41 Å². The number of rotatable bonds is 5. The van der Waals surface area contributed by atoms with Crippen LogP contribution in [0.4, 0.5) is 0 Å². The van der Waals surface area contributed by atoms with Crippen molar-refractivity contribution in [2.24, 2.45) is 0 Å². The summed E-state index contributed by atoms with van der Waals surface area (Å²) in [5.41, 5.74) is 13.8. The van der Waals surface area contributed by atoms with E-state index < -0.39 is 0 Å². The fraction of sp³-hybridized carbons (Fsp3) is 0.0417. The van der Waals surface area contributed by atoms with Crippen molar-refractivity contribution in [3.63, 3.8) is 0 Å². The lowest BCUT2D eigenvalue weighted by Crippen LogP contribution is -2.22. The normalized spacial score (nSPS) is 13.0. The summed E-state index contributed by atoms with van der Waals surface area (Å²) in [7, 11) is 0. The molecule has 10 rings (SSSR count). The van der Waals surface area contributed by atoms with Crippen LogP contribution in [0.2, 0.25) is 0 Å². The monoisotopic (exact) mass is 668 g/mol. The van der Waals surface area contributed by atoms with Crippen molar-refractivity contribution < 1.29 is 0 Å². The lowest BCUT2D eigenvalue weighted by Gasteiger charge is -2.28. The van der Waals surface area contributed by atoms with Crippen molar-refractivity contribution >= 4 is 31.5 Å². The largest absolute Gasteiger partial charge is 0.228 e. The first-order valence-electron chi connectivity index (χ1n) is 17.4. The Morgan fingerprint density at radius 1 is 0.431 bits per heavy atom. The van der Waals surface area contributed by atoms with Gasteiger partial charge >= 0.3 is 0 Å². The highest BCUT2D eigenvalue weighted by Gasteiger charge is 2.40. The quantitative estimate of drug-likeness (QED) is 0.182. The molecule has 3 heteroatoms. The summed E-state index contributed by atoms with van der Waals surface area (Å²) in [4.78, 5) is 10.3. The van der Waals surface area contributed by atoms with Crippen LogP contribution in [0.5, 0.6) is 0 Å². The van der Waals surface area contributed by atoms with Gasteiger partial charge in [0.05, 0.1) is 11.4 Å². The Labute approximate surface area is 301 Å². The summed E-state index contributed by atoms with van der Waals surface area (Å²) in [6, 6.07) is 63.3. The summed E-state index contributed by atoms with van der Waals surface area (Å²) in [5.74, 6) is 0.725. The molecular formula is C48H32N2S. The first-order chi connectivity index (χ1) is 25.1. The fourth-order valence-corrected chi connectivity index (χ4v) is 9.23. The average Bonchev–Trinajstić information content (AvgIpc) is 3.72. The van der Waals surface area contributed by atoms with Crippen LogP contribution in [0.3, 0.4) is 0 Å². The highest BCUT2D eigenvalue weighted by atomic mass is 32.1. The number of hydrogen-bond donors (Lipinski definition) is 0. The van der Waals surface area contributed by atoms with Gasteiger partial charge in [0.1, 0.15) is 0 Å². The second-order valence-corrected chi connectivity index (χ2v) is 14.5. The zero-order chi connectivity index (χ0) is 33.9. The van der Waals surface area contributed by atoms with Gasteiger partial charge in [-0.3, -0.25) is 0 Å². The number of aromatic nitrogens is 2. The molecule has 1 aliphatic carbocycles. The maximum Gasteiger partial charge on any atom is 0.160 e. The molecule has 2 aromatic heterocycles. The first-order valence-corrected chi connectivity index (χ1v) is 18.2. The average molecular weight is 669 g/mol. The minimum Gasteiger partial charge on any atom is -0.228 e. The zero-order valence-electron chi connectivity index (χ0n) is 28.0. The summed E-state index contributed by atoms with van der Waals surface area (Å²) >= 11 is 1.83. The number of nitrogens with zero attached hydrogens (tertiary/aromatic N) is 2. The van der Waals surface area contributed by atoms with E-state index in [2.05, 4.69) is 165 Å². The van der Waals surface area contributed by atoms with Crippen LogP contribution in [-0.2, 0) is 5.41 Å². The van der Waals surface area contributed by atoms with Gasteiger partial charge in [0.15, 0.2) is 5.82 Å². The predicted molar refractivity (Wildman–Crippen MR) is 214 cm³/mol. The number of hydrogen-bond acceptors (Lipinski definition) is 3. The van der Waals surface area contributed by atoms with Gasteiger partial charge in [-0.25, -0.2) is 9.97 Å². The molecule has 240 valence electrons. The maximum atomic E-state index is 5.17. The third kappa shape index (κ3) is 4.77. The van der Waals surface area contributed by atoms with Crippen LogP contribution >= 0.6 is 11.3 Å². The van der Waals surface area contributed by atoms with Gasteiger partial charge in [-0.05, 0) is 64.1 Å². The van der Waals surface area contributed by atoms with Gasteiger partial charge in [0.25, 0.3) is 0 Å². The molecule has 0 amide bonds. The summed E-state index contributed by atoms with van der Waals surface area (Å²) in [6.07, 6.45) is 0. The van der Waals surface area contributed by atoms with Gasteiger partial charge < -0.3 is 0 Å². The molecule has 0 saturated carbocycles. The van der Waals surface area contributed by atoms with Crippen molar-refractivity contribution in [1.29, 1.82) is 0 Å². The molecular weight excluding hydrogens is 637 g/mol. The molecule has 0 unspecified atom stereocenters. The molecule has 0 spiro atoms. The number of benzene rings is 7. The van der Waals surface area contributed by atoms with E-state index in [1.807, 2.05) is 29.5 Å². The molecule has 7 aromatic carbocycles. The van der Waals surface area contributed by atoms with Crippen LogP contribution < -0.4 is 0 Å². The zero-order valence-corrected chi connectivity index (χ0v) is 28.9. The van der Waals surface area contributed by atoms with Crippen molar-refractivity contribution in [1.82, 2.24) is 9.97 Å². The molecule has 1 aliphatic rings. The van der Waals surface area contributed by atoms with Crippen LogP contribution in [0.1, 0.15) is 23.6 Å². The molecule has 0 saturated heterocycles. The molecule has 2 nitrogen and oxygen atoms in total. The minimum absolute atomic E-state index is 0.231. The van der Waals surface area contributed by atoms with Crippen molar-refractivity contribution in [2.75, 3.05) is 0 Å². The molecule has 9 aromatic rings. The highest BCUT2D eigenvalue weighted by molar-refractivity contribution is 7.26. The van der Waals surface area contributed by atoms with E-state index >= 15 is 0 Å². The standard InChI is InChI=1S/C48H32N2S/c1-48(41-22-8-5-17-36(41)37-18-6-9-23-42(37)48)35-16-11-15-34(29-35)31-25-27-32(28-26-31)43-30-44(50-47(49-43)33-13-3-2-4-14-33)40-21-12-20-39-38-19-7-10-24-45(38)51-46(39)40/h2-30H,1H3. The number of fused-ring (bicyclic) bond motifs is 6. The minimum atomic E-state index is -0.231. The summed E-state index contributed by atoms with van der Waals surface area (Å²) in [6.45, 7) is 2.37. The van der Waals surface area contributed by atoms with Crippen LogP contribution in [0.15, 0.2) is 176 Å². The fourth-order valence-electron chi connectivity index (χ4n) is 8.01. The smallest absolute Gasteiger partial charge is 0.160 e. The van der Waals surface area contributed by atoms with E-state index in [0.717, 1.165) is 33.9 Å². The van der Waals surface area contributed by atoms with Crippen molar-refractivity contribution in [2.45, 2.75) is 12.3 Å². The van der Waals surface area contributed by atoms with Crippen LogP contribution in [-0.4, -0.2) is 9.97 Å². The third-order valence-electron chi connectivity index (χ3n) is 10.6. The maximum absolute atomic E-state index is 5.17. The van der Waals surface area contributed by atoms with Gasteiger partial charge in [-0.2, -0.15) is 0 Å². The van der Waals surface area contributed by atoms with Crippen molar-refractivity contribution in [3.8, 4) is 56.2 Å². The van der Waals surface area contributed by atoms with Crippen molar-refractivity contribution in [3.05, 3.63) is 193 Å². The lowest BCUT2D eigenvalue weighted by molar-refractivity contribution is 0.714. The van der Waals surface area contributed by atoms with Gasteiger partial charge in [-0.1, -0.05) is 158 Å². The summed E-state index contributed by atoms with van der Waals surface area (Å²) in [5, 5.41) is 2.55. The molecule has 0 radical (unpaired) electrons. The Hall–Kier alpha value is -6.16. The second kappa shape index (κ2) is 11.7. The second-order valence-electron chi connectivity index (χ2n) is 13.5. The van der Waals surface area contributed by atoms with E-state index in [1.54, 1.807) is 0 Å². The van der Waals surface area contributed by atoms with Crippen LogP contribution in [0.25, 0.3) is 76.3 Å². The third-order valence-corrected chi connectivity index (χ3v) is 11.8. The lowest BCUT2D eigenvalue weighted by atomic mass is 9.74. The van der Waals surface area contributed by atoms with E-state index in [0.29, 0.717) is 0 Å². The van der Waals surface area contributed by atoms with E-state index in [4.69, 9.17) is 9.97 Å². The van der Waals surface area contributed by atoms with E-state index in [1.165, 1.54) is 59.1 Å². The molecule has 0 aliphatic heterocycles. The molecule has 0 atom stereocenters. The molecule has 0 bridgehead atoms. The molecule has 2 heterocycles.